The Morgan fingerprint density at radius 1 is 1.17 bits per heavy atom. The standard InChI is InChI=1S/C23H34N4O2/c1-21-9-18-10-22(2,14-21)16-23(11-18,15-21)29-8-7-24-19(28)6-5-17-12-25-20(26-13-17)27(3)4/h5-6,12-13,18H,7-11,14-16H2,1-4H3,(H,24,28). The molecule has 4 fully saturated rings. The van der Waals surface area contributed by atoms with Crippen LogP contribution in [0.25, 0.3) is 6.08 Å². The van der Waals surface area contributed by atoms with Crippen molar-refractivity contribution in [3.8, 4) is 0 Å². The number of rotatable bonds is 7. The molecule has 0 saturated heterocycles. The summed E-state index contributed by atoms with van der Waals surface area (Å²) >= 11 is 0. The third-order valence-corrected chi connectivity index (χ3v) is 6.87. The minimum atomic E-state index is -0.116. The van der Waals surface area contributed by atoms with Crippen molar-refractivity contribution in [2.24, 2.45) is 16.7 Å². The van der Waals surface area contributed by atoms with E-state index >= 15 is 0 Å². The highest BCUT2D eigenvalue weighted by Gasteiger charge is 2.60. The van der Waals surface area contributed by atoms with E-state index in [1.165, 1.54) is 44.6 Å². The molecule has 5 rings (SSSR count). The molecule has 4 aliphatic rings. The van der Waals surface area contributed by atoms with Crippen molar-refractivity contribution in [3.05, 3.63) is 24.0 Å². The number of nitrogens with zero attached hydrogens (tertiary/aromatic N) is 3. The van der Waals surface area contributed by atoms with E-state index in [0.29, 0.717) is 29.9 Å². The maximum absolute atomic E-state index is 12.1. The Labute approximate surface area is 174 Å². The molecule has 29 heavy (non-hydrogen) atoms. The highest BCUT2D eigenvalue weighted by molar-refractivity contribution is 5.91. The highest BCUT2D eigenvalue weighted by Crippen LogP contribution is 2.67. The number of anilines is 1. The molecule has 1 amide bonds. The van der Waals surface area contributed by atoms with Crippen LogP contribution in [0.4, 0.5) is 5.95 Å². The third kappa shape index (κ3) is 4.47. The molecule has 1 aromatic rings. The molecule has 4 saturated carbocycles. The van der Waals surface area contributed by atoms with E-state index in [2.05, 4.69) is 29.1 Å². The van der Waals surface area contributed by atoms with Gasteiger partial charge in [-0.2, -0.15) is 0 Å². The molecule has 0 aliphatic heterocycles. The molecule has 2 atom stereocenters. The number of carbonyl (C=O) groups excluding carboxylic acids is 1. The lowest BCUT2D eigenvalue weighted by atomic mass is 9.43. The molecule has 1 heterocycles. The van der Waals surface area contributed by atoms with Crippen LogP contribution in [0.2, 0.25) is 0 Å². The number of ether oxygens (including phenoxy) is 1. The monoisotopic (exact) mass is 398 g/mol. The Morgan fingerprint density at radius 3 is 2.41 bits per heavy atom. The summed E-state index contributed by atoms with van der Waals surface area (Å²) in [6, 6.07) is 0. The zero-order chi connectivity index (χ0) is 20.7. The first-order valence-electron chi connectivity index (χ1n) is 10.8. The van der Waals surface area contributed by atoms with E-state index in [1.807, 2.05) is 19.0 Å². The second-order valence-electron chi connectivity index (χ2n) is 10.5. The molecule has 2 unspecified atom stereocenters. The Kier molecular flexibility index (Phi) is 5.18. The van der Waals surface area contributed by atoms with E-state index in [1.54, 1.807) is 18.5 Å². The lowest BCUT2D eigenvalue weighted by molar-refractivity contribution is -0.213. The zero-order valence-electron chi connectivity index (χ0n) is 18.2. The van der Waals surface area contributed by atoms with E-state index in [9.17, 15) is 4.79 Å². The summed E-state index contributed by atoms with van der Waals surface area (Å²) in [7, 11) is 3.79. The minimum Gasteiger partial charge on any atom is -0.373 e. The van der Waals surface area contributed by atoms with Gasteiger partial charge in [0.25, 0.3) is 0 Å². The van der Waals surface area contributed by atoms with Gasteiger partial charge in [0.1, 0.15) is 0 Å². The van der Waals surface area contributed by atoms with Gasteiger partial charge in [-0.15, -0.1) is 0 Å². The Balaban J connectivity index is 1.24. The van der Waals surface area contributed by atoms with Crippen LogP contribution in [0.5, 0.6) is 0 Å². The fourth-order valence-corrected chi connectivity index (χ4v) is 6.82. The van der Waals surface area contributed by atoms with Gasteiger partial charge < -0.3 is 15.0 Å². The summed E-state index contributed by atoms with van der Waals surface area (Å²) in [5.41, 5.74) is 1.74. The molecule has 1 aromatic heterocycles. The predicted octanol–water partition coefficient (Wildman–Crippen LogP) is 3.44. The molecular formula is C23H34N4O2. The molecule has 1 N–H and O–H groups in total. The zero-order valence-corrected chi connectivity index (χ0v) is 18.2. The molecular weight excluding hydrogens is 364 g/mol. The van der Waals surface area contributed by atoms with E-state index < -0.39 is 0 Å². The maximum atomic E-state index is 12.1. The number of carbonyl (C=O) groups is 1. The van der Waals surface area contributed by atoms with Crippen LogP contribution in [-0.2, 0) is 9.53 Å². The van der Waals surface area contributed by atoms with Gasteiger partial charge in [0.05, 0.1) is 12.2 Å². The van der Waals surface area contributed by atoms with Gasteiger partial charge in [-0.1, -0.05) is 13.8 Å². The molecule has 6 heteroatoms. The average Bonchev–Trinajstić information content (AvgIpc) is 2.61. The Morgan fingerprint density at radius 2 is 1.83 bits per heavy atom. The van der Waals surface area contributed by atoms with Crippen molar-refractivity contribution in [3.63, 3.8) is 0 Å². The molecule has 0 radical (unpaired) electrons. The van der Waals surface area contributed by atoms with Crippen LogP contribution in [0, 0.1) is 16.7 Å². The van der Waals surface area contributed by atoms with Crippen molar-refractivity contribution in [2.45, 2.75) is 58.0 Å². The number of aromatic nitrogens is 2. The summed E-state index contributed by atoms with van der Waals surface area (Å²) < 4.78 is 6.46. The minimum absolute atomic E-state index is 0.0367. The summed E-state index contributed by atoms with van der Waals surface area (Å²) in [5.74, 6) is 1.35. The largest absolute Gasteiger partial charge is 0.373 e. The van der Waals surface area contributed by atoms with Crippen molar-refractivity contribution >= 4 is 17.9 Å². The van der Waals surface area contributed by atoms with Gasteiger partial charge in [0.2, 0.25) is 11.9 Å². The molecule has 0 aromatic carbocycles. The van der Waals surface area contributed by atoms with Crippen LogP contribution in [0.1, 0.15) is 57.9 Å². The van der Waals surface area contributed by atoms with Crippen LogP contribution < -0.4 is 10.2 Å². The quantitative estimate of drug-likeness (QED) is 0.563. The normalized spacial score (nSPS) is 35.2. The van der Waals surface area contributed by atoms with Gasteiger partial charge in [-0.25, -0.2) is 9.97 Å². The first-order chi connectivity index (χ1) is 13.7. The smallest absolute Gasteiger partial charge is 0.244 e. The van der Waals surface area contributed by atoms with Crippen molar-refractivity contribution in [1.29, 1.82) is 0 Å². The fraction of sp³-hybridized carbons (Fsp3) is 0.696. The molecule has 4 aliphatic carbocycles. The number of hydrogen-bond donors (Lipinski definition) is 1. The van der Waals surface area contributed by atoms with Crippen molar-refractivity contribution in [2.75, 3.05) is 32.1 Å². The molecule has 4 bridgehead atoms. The van der Waals surface area contributed by atoms with E-state index in [0.717, 1.165) is 11.5 Å². The number of amides is 1. The summed E-state index contributed by atoms with van der Waals surface area (Å²) in [6.07, 6.45) is 14.3. The highest BCUT2D eigenvalue weighted by atomic mass is 16.5. The van der Waals surface area contributed by atoms with Crippen molar-refractivity contribution in [1.82, 2.24) is 15.3 Å². The first-order valence-corrected chi connectivity index (χ1v) is 10.8. The number of nitrogens with one attached hydrogen (secondary N) is 1. The summed E-state index contributed by atoms with van der Waals surface area (Å²) in [5, 5.41) is 2.93. The lowest BCUT2D eigenvalue weighted by Gasteiger charge is -2.65. The first kappa shape index (κ1) is 20.3. The van der Waals surface area contributed by atoms with Gasteiger partial charge in [-0.05, 0) is 61.3 Å². The lowest BCUT2D eigenvalue weighted by Crippen LogP contribution is -2.59. The van der Waals surface area contributed by atoms with Crippen LogP contribution in [0.15, 0.2) is 18.5 Å². The van der Waals surface area contributed by atoms with Crippen LogP contribution >= 0.6 is 0 Å². The molecule has 6 nitrogen and oxygen atoms in total. The van der Waals surface area contributed by atoms with E-state index in [-0.39, 0.29) is 11.5 Å². The van der Waals surface area contributed by atoms with Gasteiger partial charge in [0.15, 0.2) is 0 Å². The fourth-order valence-electron chi connectivity index (χ4n) is 6.82. The average molecular weight is 399 g/mol. The topological polar surface area (TPSA) is 67.4 Å². The predicted molar refractivity (Wildman–Crippen MR) is 114 cm³/mol. The maximum Gasteiger partial charge on any atom is 0.244 e. The van der Waals surface area contributed by atoms with E-state index in [4.69, 9.17) is 4.74 Å². The van der Waals surface area contributed by atoms with Gasteiger partial charge in [0, 0.05) is 44.7 Å². The summed E-state index contributed by atoms with van der Waals surface area (Å²) in [6.45, 7) is 6.03. The second-order valence-corrected chi connectivity index (χ2v) is 10.5. The van der Waals surface area contributed by atoms with Crippen molar-refractivity contribution < 1.29 is 9.53 Å². The third-order valence-electron chi connectivity index (χ3n) is 6.87. The van der Waals surface area contributed by atoms with Gasteiger partial charge in [-0.3, -0.25) is 4.79 Å². The second kappa shape index (κ2) is 7.38. The Bertz CT molecular complexity index is 771. The molecule has 0 spiro atoms. The van der Waals surface area contributed by atoms with Crippen LogP contribution in [-0.4, -0.2) is 48.7 Å². The number of hydrogen-bond acceptors (Lipinski definition) is 5. The Hall–Kier alpha value is -1.95. The molecule has 158 valence electrons. The summed E-state index contributed by atoms with van der Waals surface area (Å²) in [4.78, 5) is 22.4. The van der Waals surface area contributed by atoms with Gasteiger partial charge >= 0.3 is 0 Å². The SMILES string of the molecule is CN(C)c1ncc(C=CC(=O)NCCOC23CC4CC(C)(CC(C)(C4)C2)C3)cn1. The van der Waals surface area contributed by atoms with Crippen LogP contribution in [0.3, 0.4) is 0 Å².